The number of aliphatic hydroxyl groups excluding tert-OH is 1. The van der Waals surface area contributed by atoms with Crippen molar-refractivity contribution in [3.8, 4) is 0 Å². The lowest BCUT2D eigenvalue weighted by molar-refractivity contribution is 0.178. The molecule has 7 heteroatoms. The highest BCUT2D eigenvalue weighted by Gasteiger charge is 2.16. The van der Waals surface area contributed by atoms with E-state index in [4.69, 9.17) is 16.3 Å². The van der Waals surface area contributed by atoms with Crippen LogP contribution in [0.25, 0.3) is 0 Å². The predicted octanol–water partition coefficient (Wildman–Crippen LogP) is 1.80. The van der Waals surface area contributed by atoms with Gasteiger partial charge in [0.2, 0.25) is 0 Å². The second kappa shape index (κ2) is 7.78. The van der Waals surface area contributed by atoms with Gasteiger partial charge in [-0.3, -0.25) is 0 Å². The van der Waals surface area contributed by atoms with Gasteiger partial charge in [-0.25, -0.2) is 9.97 Å². The van der Waals surface area contributed by atoms with Crippen molar-refractivity contribution in [3.05, 3.63) is 17.0 Å². The molecule has 0 saturated carbocycles. The number of aromatic nitrogens is 2. The third-order valence-corrected chi connectivity index (χ3v) is 3.79. The second-order valence-electron chi connectivity index (χ2n) is 3.81. The molecule has 0 saturated heterocycles. The molecule has 0 fully saturated rings. The third-order valence-electron chi connectivity index (χ3n) is 2.43. The van der Waals surface area contributed by atoms with Crippen LogP contribution in [-0.2, 0) is 11.3 Å². The Labute approximate surface area is 116 Å². The number of methoxy groups -OCH3 is 1. The van der Waals surface area contributed by atoms with Crippen molar-refractivity contribution in [2.75, 3.05) is 25.3 Å². The second-order valence-corrected chi connectivity index (χ2v) is 5.28. The van der Waals surface area contributed by atoms with Crippen molar-refractivity contribution in [3.63, 3.8) is 0 Å². The molecule has 1 aromatic rings. The summed E-state index contributed by atoms with van der Waals surface area (Å²) >= 11 is 7.52. The van der Waals surface area contributed by atoms with Crippen LogP contribution in [0.1, 0.15) is 12.7 Å². The summed E-state index contributed by atoms with van der Waals surface area (Å²) in [5, 5.41) is 12.9. The van der Waals surface area contributed by atoms with Crippen LogP contribution in [0.15, 0.2) is 6.07 Å². The Morgan fingerprint density at radius 3 is 2.83 bits per heavy atom. The largest absolute Gasteiger partial charge is 0.395 e. The van der Waals surface area contributed by atoms with Gasteiger partial charge in [-0.2, -0.15) is 11.8 Å². The van der Waals surface area contributed by atoms with Crippen molar-refractivity contribution in [2.45, 2.75) is 24.8 Å². The van der Waals surface area contributed by atoms with Gasteiger partial charge in [-0.1, -0.05) is 11.6 Å². The van der Waals surface area contributed by atoms with E-state index in [1.807, 2.05) is 13.2 Å². The molecule has 0 spiro atoms. The van der Waals surface area contributed by atoms with Gasteiger partial charge < -0.3 is 15.2 Å². The first-order valence-corrected chi connectivity index (χ1v) is 7.19. The Morgan fingerprint density at radius 2 is 2.28 bits per heavy atom. The van der Waals surface area contributed by atoms with E-state index >= 15 is 0 Å². The SMILES string of the molecule is COCc1nc(Cl)cc(NC(C)C(CO)SC)n1. The molecule has 1 aromatic heterocycles. The van der Waals surface area contributed by atoms with Crippen LogP contribution in [0.5, 0.6) is 0 Å². The molecule has 5 nitrogen and oxygen atoms in total. The van der Waals surface area contributed by atoms with Crippen LogP contribution >= 0.6 is 23.4 Å². The van der Waals surface area contributed by atoms with Crippen molar-refractivity contribution in [1.29, 1.82) is 0 Å². The summed E-state index contributed by atoms with van der Waals surface area (Å²) in [5.74, 6) is 1.17. The fraction of sp³-hybridized carbons (Fsp3) is 0.636. The molecular weight excluding hydrogens is 274 g/mol. The van der Waals surface area contributed by atoms with Gasteiger partial charge in [-0.15, -0.1) is 0 Å². The van der Waals surface area contributed by atoms with Crippen molar-refractivity contribution in [2.24, 2.45) is 0 Å². The molecule has 2 N–H and O–H groups in total. The highest BCUT2D eigenvalue weighted by atomic mass is 35.5. The minimum atomic E-state index is 0.0753. The number of nitrogens with one attached hydrogen (secondary N) is 1. The topological polar surface area (TPSA) is 67.3 Å². The van der Waals surface area contributed by atoms with Gasteiger partial charge in [0.25, 0.3) is 0 Å². The van der Waals surface area contributed by atoms with Crippen LogP contribution in [0.2, 0.25) is 5.15 Å². The number of hydrogen-bond donors (Lipinski definition) is 2. The number of halogens is 1. The molecule has 102 valence electrons. The number of anilines is 1. The maximum atomic E-state index is 9.23. The van der Waals surface area contributed by atoms with Crippen LogP contribution in [0.4, 0.5) is 5.82 Å². The van der Waals surface area contributed by atoms with E-state index in [1.54, 1.807) is 24.9 Å². The Balaban J connectivity index is 2.77. The standard InChI is InChI=1S/C11H18ClN3O2S/c1-7(8(5-16)18-3)13-10-4-9(12)14-11(15-10)6-17-2/h4,7-8,16H,5-6H2,1-3H3,(H,13,14,15). The van der Waals surface area contributed by atoms with Gasteiger partial charge in [-0.05, 0) is 13.2 Å². The Bertz CT molecular complexity index is 377. The molecule has 2 unspecified atom stereocenters. The summed E-state index contributed by atoms with van der Waals surface area (Å²) in [7, 11) is 1.58. The summed E-state index contributed by atoms with van der Waals surface area (Å²) in [5.41, 5.74) is 0. The van der Waals surface area contributed by atoms with E-state index in [9.17, 15) is 5.11 Å². The zero-order chi connectivity index (χ0) is 13.5. The summed E-state index contributed by atoms with van der Waals surface area (Å²) in [4.78, 5) is 8.34. The Morgan fingerprint density at radius 1 is 1.56 bits per heavy atom. The lowest BCUT2D eigenvalue weighted by Crippen LogP contribution is -2.31. The van der Waals surface area contributed by atoms with E-state index < -0.39 is 0 Å². The van der Waals surface area contributed by atoms with Crippen LogP contribution < -0.4 is 5.32 Å². The number of rotatable bonds is 7. The molecule has 0 bridgehead atoms. The van der Waals surface area contributed by atoms with Crippen LogP contribution in [0, 0.1) is 0 Å². The molecule has 0 aliphatic carbocycles. The fourth-order valence-corrected chi connectivity index (χ4v) is 2.32. The van der Waals surface area contributed by atoms with Crippen molar-refractivity contribution in [1.82, 2.24) is 9.97 Å². The molecule has 0 aromatic carbocycles. The maximum Gasteiger partial charge on any atom is 0.158 e. The van der Waals surface area contributed by atoms with Gasteiger partial charge in [0.05, 0.1) is 6.61 Å². The van der Waals surface area contributed by atoms with E-state index in [0.717, 1.165) is 0 Å². The summed E-state index contributed by atoms with van der Waals surface area (Å²) in [6.07, 6.45) is 1.96. The highest BCUT2D eigenvalue weighted by molar-refractivity contribution is 7.99. The first-order chi connectivity index (χ1) is 8.60. The average Bonchev–Trinajstić information content (AvgIpc) is 2.30. The Hall–Kier alpha value is -0.560. The number of aliphatic hydroxyl groups is 1. The third kappa shape index (κ3) is 4.61. The monoisotopic (exact) mass is 291 g/mol. The molecule has 0 aliphatic heterocycles. The van der Waals surface area contributed by atoms with Crippen LogP contribution in [-0.4, -0.2) is 46.3 Å². The Kier molecular flexibility index (Phi) is 6.70. The smallest absolute Gasteiger partial charge is 0.158 e. The zero-order valence-electron chi connectivity index (χ0n) is 10.7. The molecule has 0 radical (unpaired) electrons. The van der Waals surface area contributed by atoms with Gasteiger partial charge in [0.1, 0.15) is 17.6 Å². The quantitative estimate of drug-likeness (QED) is 0.747. The van der Waals surface area contributed by atoms with Crippen LogP contribution in [0.3, 0.4) is 0 Å². The zero-order valence-corrected chi connectivity index (χ0v) is 12.3. The first-order valence-electron chi connectivity index (χ1n) is 5.53. The first kappa shape index (κ1) is 15.5. The van der Waals surface area contributed by atoms with Gasteiger partial charge >= 0.3 is 0 Å². The molecule has 1 rings (SSSR count). The van der Waals surface area contributed by atoms with E-state index in [-0.39, 0.29) is 17.9 Å². The van der Waals surface area contributed by atoms with E-state index in [1.165, 1.54) is 0 Å². The summed E-state index contributed by atoms with van der Waals surface area (Å²) in [6, 6.07) is 1.73. The predicted molar refractivity (Wildman–Crippen MR) is 75.2 cm³/mol. The molecular formula is C11H18ClN3O2S. The minimum absolute atomic E-state index is 0.0753. The number of nitrogens with zero attached hydrogens (tertiary/aromatic N) is 2. The van der Waals surface area contributed by atoms with Crippen molar-refractivity contribution < 1.29 is 9.84 Å². The van der Waals surface area contributed by atoms with E-state index in [2.05, 4.69) is 15.3 Å². The maximum absolute atomic E-state index is 9.23. The van der Waals surface area contributed by atoms with Crippen molar-refractivity contribution >= 4 is 29.2 Å². The molecule has 18 heavy (non-hydrogen) atoms. The van der Waals surface area contributed by atoms with Gasteiger partial charge in [0, 0.05) is 24.5 Å². The van der Waals surface area contributed by atoms with Gasteiger partial charge in [0.15, 0.2) is 5.82 Å². The van der Waals surface area contributed by atoms with E-state index in [0.29, 0.717) is 23.4 Å². The average molecular weight is 292 g/mol. The molecule has 1 heterocycles. The fourth-order valence-electron chi connectivity index (χ4n) is 1.50. The lowest BCUT2D eigenvalue weighted by Gasteiger charge is -2.22. The number of ether oxygens (including phenoxy) is 1. The number of hydrogen-bond acceptors (Lipinski definition) is 6. The highest BCUT2D eigenvalue weighted by Crippen LogP contribution is 2.17. The minimum Gasteiger partial charge on any atom is -0.395 e. The molecule has 0 amide bonds. The lowest BCUT2D eigenvalue weighted by atomic mass is 10.2. The molecule has 0 aliphatic rings. The summed E-state index contributed by atoms with van der Waals surface area (Å²) < 4.78 is 4.98. The number of thioether (sulfide) groups is 1. The normalized spacial score (nSPS) is 14.3. The molecule has 2 atom stereocenters. The summed E-state index contributed by atoms with van der Waals surface area (Å²) in [6.45, 7) is 2.41.